The van der Waals surface area contributed by atoms with Gasteiger partial charge in [0.25, 0.3) is 0 Å². The molecule has 9 aromatic rings. The van der Waals surface area contributed by atoms with Crippen LogP contribution in [0.2, 0.25) is 0 Å². The van der Waals surface area contributed by atoms with E-state index in [1.165, 1.54) is 66.8 Å². The van der Waals surface area contributed by atoms with Crippen molar-refractivity contribution in [1.82, 2.24) is 0 Å². The van der Waals surface area contributed by atoms with E-state index in [0.717, 1.165) is 39.7 Å². The van der Waals surface area contributed by atoms with Crippen molar-refractivity contribution in [2.75, 3.05) is 4.90 Å². The van der Waals surface area contributed by atoms with Gasteiger partial charge in [-0.3, -0.25) is 0 Å². The molecule has 0 radical (unpaired) electrons. The summed E-state index contributed by atoms with van der Waals surface area (Å²) in [5, 5.41) is 0. The van der Waals surface area contributed by atoms with E-state index in [2.05, 4.69) is 231 Å². The maximum absolute atomic E-state index is 7.34. The van der Waals surface area contributed by atoms with Crippen LogP contribution in [0.3, 0.4) is 0 Å². The van der Waals surface area contributed by atoms with Crippen molar-refractivity contribution in [3.63, 3.8) is 0 Å². The Balaban J connectivity index is 1.15. The molecule has 3 aliphatic rings. The molecule has 1 heterocycles. The highest BCUT2D eigenvalue weighted by atomic mass is 16.5. The number of nitrogens with zero attached hydrogens (tertiary/aromatic N) is 1. The average molecular weight is 768 g/mol. The van der Waals surface area contributed by atoms with E-state index in [1.807, 2.05) is 0 Å². The van der Waals surface area contributed by atoms with Crippen LogP contribution in [-0.2, 0) is 10.8 Å². The Morgan fingerprint density at radius 2 is 0.833 bits per heavy atom. The number of fused-ring (bicyclic) bond motifs is 14. The van der Waals surface area contributed by atoms with Crippen LogP contribution in [0.5, 0.6) is 11.5 Å². The zero-order chi connectivity index (χ0) is 40.0. The highest BCUT2D eigenvalue weighted by molar-refractivity contribution is 5.95. The molecule has 0 aromatic heterocycles. The molecule has 0 unspecified atom stereocenters. The molecule has 2 aliphatic carbocycles. The maximum atomic E-state index is 7.34. The number of benzene rings is 9. The lowest BCUT2D eigenvalue weighted by atomic mass is 9.62. The molecule has 0 atom stereocenters. The van der Waals surface area contributed by atoms with Crippen LogP contribution in [0.1, 0.15) is 47.2 Å². The second-order valence-corrected chi connectivity index (χ2v) is 16.8. The van der Waals surface area contributed by atoms with Crippen LogP contribution < -0.4 is 9.64 Å². The SMILES string of the molecule is CC1(C)c2ccccc2-c2ccc(N(c3ccc(-c4ccccc4)cc3)c3cccc4c3Oc3ccccc3C43c4ccccc4-c4ccccc4-c4ccccc43)cc21. The minimum atomic E-state index is -0.698. The van der Waals surface area contributed by atoms with Crippen LogP contribution >= 0.6 is 0 Å². The fourth-order valence-electron chi connectivity index (χ4n) is 10.7. The third-order valence-corrected chi connectivity index (χ3v) is 13.4. The van der Waals surface area contributed by atoms with E-state index < -0.39 is 5.41 Å². The van der Waals surface area contributed by atoms with Gasteiger partial charge in [-0.15, -0.1) is 0 Å². The first-order valence-electron chi connectivity index (χ1n) is 20.9. The molecule has 0 N–H and O–H groups in total. The summed E-state index contributed by atoms with van der Waals surface area (Å²) >= 11 is 0. The minimum absolute atomic E-state index is 0.164. The zero-order valence-corrected chi connectivity index (χ0v) is 33.6. The Hall–Kier alpha value is -7.42. The van der Waals surface area contributed by atoms with Gasteiger partial charge >= 0.3 is 0 Å². The molecule has 284 valence electrons. The van der Waals surface area contributed by atoms with Crippen molar-refractivity contribution in [2.45, 2.75) is 24.7 Å². The lowest BCUT2D eigenvalue weighted by Gasteiger charge is -2.43. The van der Waals surface area contributed by atoms with Crippen LogP contribution in [-0.4, -0.2) is 0 Å². The topological polar surface area (TPSA) is 12.5 Å². The predicted octanol–water partition coefficient (Wildman–Crippen LogP) is 15.3. The summed E-state index contributed by atoms with van der Waals surface area (Å²) in [7, 11) is 0. The van der Waals surface area contributed by atoms with E-state index in [-0.39, 0.29) is 5.41 Å². The Labute approximate surface area is 351 Å². The van der Waals surface area contributed by atoms with Crippen molar-refractivity contribution in [1.29, 1.82) is 0 Å². The maximum Gasteiger partial charge on any atom is 0.156 e. The Bertz CT molecular complexity index is 3090. The fraction of sp³-hybridized carbons (Fsp3) is 0.0690. The molecular weight excluding hydrogens is 727 g/mol. The van der Waals surface area contributed by atoms with E-state index in [9.17, 15) is 0 Å². The minimum Gasteiger partial charge on any atom is -0.454 e. The standard InChI is InChI=1S/C58H41NO/c1-57(2)48-24-11-8-23-46(48)47-36-35-41(37-53(47)57)59(40-33-31-39(32-34-40)38-17-4-3-5-18-38)54-29-16-28-52-56(54)60-55-30-15-14-27-51(55)58(52)49-25-12-9-21-44(49)42-19-6-7-20-43(42)45-22-10-13-26-50(45)58/h3-37H,1-2H3. The van der Waals surface area contributed by atoms with E-state index in [4.69, 9.17) is 4.74 Å². The van der Waals surface area contributed by atoms with Gasteiger partial charge in [-0.2, -0.15) is 0 Å². The first-order chi connectivity index (χ1) is 29.5. The summed E-state index contributed by atoms with van der Waals surface area (Å²) in [6, 6.07) is 77.9. The number of ether oxygens (including phenoxy) is 1. The first kappa shape index (κ1) is 34.6. The predicted molar refractivity (Wildman–Crippen MR) is 247 cm³/mol. The second-order valence-electron chi connectivity index (χ2n) is 16.8. The van der Waals surface area contributed by atoms with Crippen molar-refractivity contribution in [2.24, 2.45) is 0 Å². The molecule has 9 aromatic carbocycles. The average Bonchev–Trinajstić information content (AvgIpc) is 3.47. The molecule has 0 fully saturated rings. The summed E-state index contributed by atoms with van der Waals surface area (Å²) in [6.45, 7) is 4.71. The van der Waals surface area contributed by atoms with Crippen molar-refractivity contribution in [3.05, 3.63) is 246 Å². The van der Waals surface area contributed by atoms with Gasteiger partial charge in [-0.25, -0.2) is 0 Å². The monoisotopic (exact) mass is 767 g/mol. The molecule has 0 bridgehead atoms. The van der Waals surface area contributed by atoms with Gasteiger partial charge in [-0.1, -0.05) is 190 Å². The molecule has 1 spiro atoms. The molecule has 2 heteroatoms. The summed E-state index contributed by atoms with van der Waals surface area (Å²) in [6.07, 6.45) is 0. The number of anilines is 3. The van der Waals surface area contributed by atoms with Gasteiger partial charge in [0.05, 0.1) is 11.1 Å². The molecule has 12 rings (SSSR count). The largest absolute Gasteiger partial charge is 0.454 e. The molecule has 1 aliphatic heterocycles. The first-order valence-corrected chi connectivity index (χ1v) is 20.9. The van der Waals surface area contributed by atoms with E-state index >= 15 is 0 Å². The third kappa shape index (κ3) is 4.82. The zero-order valence-electron chi connectivity index (χ0n) is 33.6. The highest BCUT2D eigenvalue weighted by Crippen LogP contribution is 2.63. The Morgan fingerprint density at radius 3 is 1.50 bits per heavy atom. The van der Waals surface area contributed by atoms with Gasteiger partial charge in [0, 0.05) is 27.9 Å². The van der Waals surface area contributed by atoms with Crippen LogP contribution in [0.25, 0.3) is 44.5 Å². The van der Waals surface area contributed by atoms with Crippen molar-refractivity contribution in [3.8, 4) is 56.0 Å². The Kier molecular flexibility index (Phi) is 7.52. The third-order valence-electron chi connectivity index (χ3n) is 13.4. The molecular formula is C58H41NO. The molecule has 0 saturated carbocycles. The molecule has 0 saturated heterocycles. The Morgan fingerprint density at radius 1 is 0.350 bits per heavy atom. The summed E-state index contributed by atoms with van der Waals surface area (Å²) in [4.78, 5) is 2.41. The van der Waals surface area contributed by atoms with Crippen LogP contribution in [0, 0.1) is 0 Å². The lowest BCUT2D eigenvalue weighted by molar-refractivity contribution is 0.436. The smallest absolute Gasteiger partial charge is 0.156 e. The number of para-hydroxylation sites is 2. The number of hydrogen-bond donors (Lipinski definition) is 0. The van der Waals surface area contributed by atoms with Crippen molar-refractivity contribution >= 4 is 17.1 Å². The van der Waals surface area contributed by atoms with Crippen molar-refractivity contribution < 1.29 is 4.74 Å². The van der Waals surface area contributed by atoms with E-state index in [1.54, 1.807) is 0 Å². The summed E-state index contributed by atoms with van der Waals surface area (Å²) in [5.74, 6) is 1.71. The van der Waals surface area contributed by atoms with Gasteiger partial charge in [0.1, 0.15) is 5.75 Å². The molecule has 2 nitrogen and oxygen atoms in total. The van der Waals surface area contributed by atoms with Gasteiger partial charge in [0.2, 0.25) is 0 Å². The van der Waals surface area contributed by atoms with Crippen LogP contribution in [0.4, 0.5) is 17.1 Å². The number of rotatable bonds is 4. The molecule has 60 heavy (non-hydrogen) atoms. The van der Waals surface area contributed by atoms with Gasteiger partial charge < -0.3 is 9.64 Å². The van der Waals surface area contributed by atoms with Crippen LogP contribution in [0.15, 0.2) is 212 Å². The van der Waals surface area contributed by atoms with E-state index in [0.29, 0.717) is 0 Å². The normalized spacial score (nSPS) is 14.2. The quantitative estimate of drug-likeness (QED) is 0.177. The van der Waals surface area contributed by atoms with Gasteiger partial charge in [0.15, 0.2) is 5.75 Å². The highest BCUT2D eigenvalue weighted by Gasteiger charge is 2.50. The molecule has 0 amide bonds. The fourth-order valence-corrected chi connectivity index (χ4v) is 10.7. The van der Waals surface area contributed by atoms with Gasteiger partial charge in [-0.05, 0) is 103 Å². The lowest BCUT2D eigenvalue weighted by Crippen LogP contribution is -2.35. The summed E-state index contributed by atoms with van der Waals surface area (Å²) in [5.41, 5.74) is 19.6. The number of hydrogen-bond acceptors (Lipinski definition) is 2. The second kappa shape index (κ2) is 13.0. The summed E-state index contributed by atoms with van der Waals surface area (Å²) < 4.78 is 7.34.